The number of benzene rings is 2. The second-order valence-electron chi connectivity index (χ2n) is 6.95. The molecular weight excluding hydrogens is 466 g/mol. The maximum Gasteiger partial charge on any atom is 0.260 e. The van der Waals surface area contributed by atoms with Crippen LogP contribution in [0.5, 0.6) is 11.5 Å². The molecule has 2 aromatic rings. The van der Waals surface area contributed by atoms with Crippen LogP contribution in [-0.2, 0) is 9.59 Å². The number of halogens is 1. The monoisotopic (exact) mass is 489 g/mol. The third-order valence-electron chi connectivity index (χ3n) is 5.09. The van der Waals surface area contributed by atoms with Gasteiger partial charge >= 0.3 is 0 Å². The fourth-order valence-electron chi connectivity index (χ4n) is 3.38. The van der Waals surface area contributed by atoms with Gasteiger partial charge in [-0.05, 0) is 42.5 Å². The molecule has 0 radical (unpaired) electrons. The maximum atomic E-state index is 13.1. The standard InChI is InChI=1S/C22H24BrN3O5/c1-24-20-8-3-15(23)11-19(20)22(29)26-10-9-25(12-16(26)13-27)21(28)14-31-18-6-4-17(30-2)5-7-18/h3-8,11,13,16,24H,9-10,12,14H2,1-2H3. The Morgan fingerprint density at radius 1 is 1.16 bits per heavy atom. The molecule has 1 aliphatic rings. The van der Waals surface area contributed by atoms with Gasteiger partial charge in [0.05, 0.1) is 12.7 Å². The third-order valence-corrected chi connectivity index (χ3v) is 5.59. The molecule has 0 spiro atoms. The number of methoxy groups -OCH3 is 1. The number of ether oxygens (including phenoxy) is 2. The fraction of sp³-hybridized carbons (Fsp3) is 0.318. The van der Waals surface area contributed by atoms with Gasteiger partial charge in [0.2, 0.25) is 0 Å². The quantitative estimate of drug-likeness (QED) is 0.600. The van der Waals surface area contributed by atoms with E-state index in [1.54, 1.807) is 55.5 Å². The lowest BCUT2D eigenvalue weighted by Crippen LogP contribution is -2.57. The van der Waals surface area contributed by atoms with E-state index in [-0.39, 0.29) is 31.5 Å². The first kappa shape index (κ1) is 22.6. The van der Waals surface area contributed by atoms with Crippen LogP contribution >= 0.6 is 15.9 Å². The van der Waals surface area contributed by atoms with E-state index in [0.29, 0.717) is 35.6 Å². The van der Waals surface area contributed by atoms with E-state index in [9.17, 15) is 14.4 Å². The highest BCUT2D eigenvalue weighted by atomic mass is 79.9. The Morgan fingerprint density at radius 2 is 1.87 bits per heavy atom. The van der Waals surface area contributed by atoms with Crippen molar-refractivity contribution in [2.75, 3.05) is 45.7 Å². The van der Waals surface area contributed by atoms with E-state index in [1.165, 1.54) is 4.90 Å². The zero-order valence-corrected chi connectivity index (χ0v) is 18.9. The van der Waals surface area contributed by atoms with Crippen molar-refractivity contribution in [1.29, 1.82) is 0 Å². The fourth-order valence-corrected chi connectivity index (χ4v) is 3.74. The summed E-state index contributed by atoms with van der Waals surface area (Å²) in [6, 6.07) is 11.5. The zero-order valence-electron chi connectivity index (χ0n) is 17.3. The van der Waals surface area contributed by atoms with E-state index in [4.69, 9.17) is 9.47 Å². The maximum absolute atomic E-state index is 13.1. The molecule has 3 rings (SSSR count). The molecule has 0 bridgehead atoms. The Kier molecular flexibility index (Phi) is 7.51. The third kappa shape index (κ3) is 5.35. The summed E-state index contributed by atoms with van der Waals surface area (Å²) in [4.78, 5) is 40.5. The van der Waals surface area contributed by atoms with Crippen LogP contribution < -0.4 is 14.8 Å². The Hall–Kier alpha value is -3.07. The van der Waals surface area contributed by atoms with Crippen LogP contribution in [0, 0.1) is 0 Å². The number of nitrogens with zero attached hydrogens (tertiary/aromatic N) is 2. The number of hydrogen-bond donors (Lipinski definition) is 1. The molecule has 1 saturated heterocycles. The van der Waals surface area contributed by atoms with Crippen LogP contribution in [0.1, 0.15) is 10.4 Å². The lowest BCUT2D eigenvalue weighted by atomic mass is 10.1. The normalized spacial score (nSPS) is 15.9. The molecule has 1 aliphatic heterocycles. The van der Waals surface area contributed by atoms with Crippen LogP contribution in [0.15, 0.2) is 46.9 Å². The lowest BCUT2D eigenvalue weighted by Gasteiger charge is -2.39. The molecule has 9 heteroatoms. The number of carbonyl (C=O) groups excluding carboxylic acids is 3. The second-order valence-corrected chi connectivity index (χ2v) is 7.86. The van der Waals surface area contributed by atoms with Crippen molar-refractivity contribution in [3.63, 3.8) is 0 Å². The summed E-state index contributed by atoms with van der Waals surface area (Å²) in [5.41, 5.74) is 1.13. The molecule has 1 fully saturated rings. The van der Waals surface area contributed by atoms with E-state index < -0.39 is 6.04 Å². The van der Waals surface area contributed by atoms with Crippen LogP contribution in [0.4, 0.5) is 5.69 Å². The minimum absolute atomic E-state index is 0.128. The molecular formula is C22H24BrN3O5. The Bertz CT molecular complexity index is 951. The molecule has 0 aromatic heterocycles. The number of carbonyl (C=O) groups is 3. The van der Waals surface area contributed by atoms with Gasteiger partial charge in [-0.1, -0.05) is 15.9 Å². The lowest BCUT2D eigenvalue weighted by molar-refractivity contribution is -0.136. The van der Waals surface area contributed by atoms with E-state index >= 15 is 0 Å². The highest BCUT2D eigenvalue weighted by Crippen LogP contribution is 2.24. The molecule has 31 heavy (non-hydrogen) atoms. The summed E-state index contributed by atoms with van der Waals surface area (Å²) in [7, 11) is 3.31. The summed E-state index contributed by atoms with van der Waals surface area (Å²) in [6.45, 7) is 0.556. The number of amides is 2. The predicted molar refractivity (Wildman–Crippen MR) is 120 cm³/mol. The van der Waals surface area contributed by atoms with Crippen molar-refractivity contribution in [2.24, 2.45) is 0 Å². The molecule has 0 aliphatic carbocycles. The first-order valence-corrected chi connectivity index (χ1v) is 10.5. The molecule has 0 saturated carbocycles. The van der Waals surface area contributed by atoms with Gasteiger partial charge < -0.3 is 29.4 Å². The van der Waals surface area contributed by atoms with Gasteiger partial charge in [0.1, 0.15) is 23.8 Å². The first-order valence-electron chi connectivity index (χ1n) is 9.75. The topological polar surface area (TPSA) is 88.2 Å². The number of aldehydes is 1. The number of rotatable bonds is 7. The average Bonchev–Trinajstić information content (AvgIpc) is 2.81. The summed E-state index contributed by atoms with van der Waals surface area (Å²) in [5, 5.41) is 3.00. The Labute approximate surface area is 189 Å². The molecule has 1 heterocycles. The molecule has 1 atom stereocenters. The van der Waals surface area contributed by atoms with Crippen LogP contribution in [-0.4, -0.2) is 74.3 Å². The summed E-state index contributed by atoms with van der Waals surface area (Å²) in [5.74, 6) is 0.738. The molecule has 1 N–H and O–H groups in total. The smallest absolute Gasteiger partial charge is 0.260 e. The number of nitrogens with one attached hydrogen (secondary N) is 1. The highest BCUT2D eigenvalue weighted by molar-refractivity contribution is 9.10. The summed E-state index contributed by atoms with van der Waals surface area (Å²) >= 11 is 3.38. The van der Waals surface area contributed by atoms with Gasteiger partial charge in [0.15, 0.2) is 6.61 Å². The van der Waals surface area contributed by atoms with Crippen LogP contribution in [0.25, 0.3) is 0 Å². The summed E-state index contributed by atoms with van der Waals surface area (Å²) in [6.07, 6.45) is 0.707. The van der Waals surface area contributed by atoms with Gasteiger partial charge in [-0.2, -0.15) is 0 Å². The Balaban J connectivity index is 1.63. The number of hydrogen-bond acceptors (Lipinski definition) is 6. The largest absolute Gasteiger partial charge is 0.497 e. The van der Waals surface area contributed by atoms with Gasteiger partial charge in [0, 0.05) is 36.8 Å². The van der Waals surface area contributed by atoms with Gasteiger partial charge in [-0.15, -0.1) is 0 Å². The van der Waals surface area contributed by atoms with Crippen molar-refractivity contribution >= 4 is 39.7 Å². The molecule has 2 amide bonds. The zero-order chi connectivity index (χ0) is 22.4. The van der Waals surface area contributed by atoms with E-state index in [0.717, 1.165) is 4.47 Å². The number of anilines is 1. The SMILES string of the molecule is CNc1ccc(Br)cc1C(=O)N1CCN(C(=O)COc2ccc(OC)cc2)CC1C=O. The van der Waals surface area contributed by atoms with Crippen LogP contribution in [0.2, 0.25) is 0 Å². The number of piperazine rings is 1. The molecule has 164 valence electrons. The molecule has 2 aromatic carbocycles. The van der Waals surface area contributed by atoms with Gasteiger partial charge in [0.25, 0.3) is 11.8 Å². The van der Waals surface area contributed by atoms with E-state index in [2.05, 4.69) is 21.2 Å². The minimum atomic E-state index is -0.727. The Morgan fingerprint density at radius 3 is 2.52 bits per heavy atom. The van der Waals surface area contributed by atoms with Crippen molar-refractivity contribution in [3.8, 4) is 11.5 Å². The van der Waals surface area contributed by atoms with Gasteiger partial charge in [-0.3, -0.25) is 9.59 Å². The van der Waals surface area contributed by atoms with Crippen molar-refractivity contribution in [3.05, 3.63) is 52.5 Å². The first-order chi connectivity index (χ1) is 15.0. The predicted octanol–water partition coefficient (Wildman–Crippen LogP) is 2.43. The minimum Gasteiger partial charge on any atom is -0.497 e. The summed E-state index contributed by atoms with van der Waals surface area (Å²) < 4.78 is 11.4. The second kappa shape index (κ2) is 10.3. The highest BCUT2D eigenvalue weighted by Gasteiger charge is 2.33. The molecule has 8 nitrogen and oxygen atoms in total. The van der Waals surface area contributed by atoms with Crippen molar-refractivity contribution < 1.29 is 23.9 Å². The average molecular weight is 490 g/mol. The van der Waals surface area contributed by atoms with Crippen LogP contribution in [0.3, 0.4) is 0 Å². The van der Waals surface area contributed by atoms with Crippen molar-refractivity contribution in [2.45, 2.75) is 6.04 Å². The van der Waals surface area contributed by atoms with E-state index in [1.807, 2.05) is 6.07 Å². The van der Waals surface area contributed by atoms with Gasteiger partial charge in [-0.25, -0.2) is 0 Å². The van der Waals surface area contributed by atoms with Crippen molar-refractivity contribution in [1.82, 2.24) is 9.80 Å². The molecule has 1 unspecified atom stereocenters.